The molecule has 2 aliphatic heterocycles. The van der Waals surface area contributed by atoms with Crippen LogP contribution in [-0.4, -0.2) is 39.1 Å². The Bertz CT molecular complexity index is 933. The van der Waals surface area contributed by atoms with Crippen LogP contribution in [0.2, 0.25) is 0 Å². The van der Waals surface area contributed by atoms with E-state index < -0.39 is 0 Å². The number of benzene rings is 1. The highest BCUT2D eigenvalue weighted by Gasteiger charge is 2.16. The van der Waals surface area contributed by atoms with Crippen LogP contribution in [0, 0.1) is 0 Å². The second-order valence-corrected chi connectivity index (χ2v) is 6.98. The van der Waals surface area contributed by atoms with E-state index in [1.807, 2.05) is 18.5 Å². The van der Waals surface area contributed by atoms with Crippen molar-refractivity contribution in [1.29, 1.82) is 0 Å². The highest BCUT2D eigenvalue weighted by molar-refractivity contribution is 5.85. The van der Waals surface area contributed by atoms with Gasteiger partial charge in [0.25, 0.3) is 0 Å². The van der Waals surface area contributed by atoms with E-state index in [9.17, 15) is 0 Å². The third-order valence-electron chi connectivity index (χ3n) is 5.00. The number of ether oxygens (including phenoxy) is 2. The van der Waals surface area contributed by atoms with Crippen molar-refractivity contribution in [2.45, 2.75) is 32.5 Å². The molecule has 156 valence electrons. The third kappa shape index (κ3) is 4.52. The molecule has 3 aromatic rings. The van der Waals surface area contributed by atoms with Crippen molar-refractivity contribution >= 4 is 24.8 Å². The lowest BCUT2D eigenvalue weighted by atomic mass is 10.2. The van der Waals surface area contributed by atoms with E-state index in [1.165, 1.54) is 5.69 Å². The molecule has 4 heterocycles. The molecule has 0 atom stereocenters. The fourth-order valence-corrected chi connectivity index (χ4v) is 3.64. The molecule has 0 saturated carbocycles. The van der Waals surface area contributed by atoms with Gasteiger partial charge in [0.2, 0.25) is 0 Å². The predicted octanol–water partition coefficient (Wildman–Crippen LogP) is 3.29. The van der Waals surface area contributed by atoms with Crippen LogP contribution in [0.3, 0.4) is 0 Å². The Morgan fingerprint density at radius 3 is 2.79 bits per heavy atom. The van der Waals surface area contributed by atoms with Crippen molar-refractivity contribution < 1.29 is 9.47 Å². The molecule has 7 nitrogen and oxygen atoms in total. The second kappa shape index (κ2) is 9.52. The number of rotatable bonds is 3. The van der Waals surface area contributed by atoms with Crippen LogP contribution in [0.4, 0.5) is 0 Å². The van der Waals surface area contributed by atoms with Crippen LogP contribution < -0.4 is 14.8 Å². The monoisotopic (exact) mass is 437 g/mol. The average Bonchev–Trinajstić information content (AvgIpc) is 3.14. The van der Waals surface area contributed by atoms with Gasteiger partial charge in [-0.05, 0) is 36.7 Å². The molecular formula is C20H25Cl2N5O2. The first-order valence-corrected chi connectivity index (χ1v) is 9.54. The SMILES string of the molecule is Cl.Cl.c1cn(Cc2ccc3c(c2)OCCCO3)c(-c2cc3n(n2)CCCNC3)n1. The summed E-state index contributed by atoms with van der Waals surface area (Å²) in [5.41, 5.74) is 3.29. The standard InChI is InChI=1S/C20H23N5O2.2ClH/c1-5-21-13-16-12-17(23-25(16)7-1)20-22-6-8-24(20)14-15-3-4-18-19(11-15)27-10-2-9-26-18;;/h3-4,6,8,11-12,21H,1-2,5,7,9-10,13-14H2;2*1H. The highest BCUT2D eigenvalue weighted by atomic mass is 35.5. The van der Waals surface area contributed by atoms with E-state index in [0.717, 1.165) is 61.1 Å². The van der Waals surface area contributed by atoms with Crippen LogP contribution in [0.15, 0.2) is 36.7 Å². The van der Waals surface area contributed by atoms with Gasteiger partial charge in [-0.2, -0.15) is 5.10 Å². The summed E-state index contributed by atoms with van der Waals surface area (Å²) in [6.45, 7) is 4.96. The van der Waals surface area contributed by atoms with Gasteiger partial charge in [0.15, 0.2) is 17.3 Å². The van der Waals surface area contributed by atoms with Gasteiger partial charge in [-0.15, -0.1) is 24.8 Å². The van der Waals surface area contributed by atoms with E-state index in [0.29, 0.717) is 19.8 Å². The maximum absolute atomic E-state index is 5.82. The molecule has 2 aliphatic rings. The van der Waals surface area contributed by atoms with Gasteiger partial charge in [0.05, 0.1) is 18.9 Å². The van der Waals surface area contributed by atoms with E-state index in [4.69, 9.17) is 14.6 Å². The second-order valence-electron chi connectivity index (χ2n) is 6.98. The summed E-state index contributed by atoms with van der Waals surface area (Å²) in [5, 5.41) is 8.22. The normalized spacial score (nSPS) is 15.3. The summed E-state index contributed by atoms with van der Waals surface area (Å²) in [5.74, 6) is 2.54. The quantitative estimate of drug-likeness (QED) is 0.680. The number of halogens is 2. The molecule has 1 aromatic carbocycles. The van der Waals surface area contributed by atoms with Gasteiger partial charge in [-0.1, -0.05) is 6.07 Å². The number of nitrogens with one attached hydrogen (secondary N) is 1. The van der Waals surface area contributed by atoms with Crippen molar-refractivity contribution in [2.75, 3.05) is 19.8 Å². The first kappa shape index (κ1) is 21.5. The lowest BCUT2D eigenvalue weighted by Crippen LogP contribution is -2.11. The number of hydrogen-bond acceptors (Lipinski definition) is 5. The minimum atomic E-state index is 0. The van der Waals surface area contributed by atoms with Crippen molar-refractivity contribution in [2.24, 2.45) is 0 Å². The molecule has 0 aliphatic carbocycles. The fraction of sp³-hybridized carbons (Fsp3) is 0.400. The summed E-state index contributed by atoms with van der Waals surface area (Å²) >= 11 is 0. The van der Waals surface area contributed by atoms with E-state index >= 15 is 0 Å². The van der Waals surface area contributed by atoms with E-state index in [2.05, 4.69) is 37.7 Å². The molecule has 0 amide bonds. The Morgan fingerprint density at radius 2 is 1.90 bits per heavy atom. The highest BCUT2D eigenvalue weighted by Crippen LogP contribution is 2.31. The van der Waals surface area contributed by atoms with Gasteiger partial charge < -0.3 is 19.4 Å². The summed E-state index contributed by atoms with van der Waals surface area (Å²) in [6, 6.07) is 8.29. The lowest BCUT2D eigenvalue weighted by Gasteiger charge is -2.11. The molecule has 0 fully saturated rings. The van der Waals surface area contributed by atoms with Gasteiger partial charge in [0, 0.05) is 38.4 Å². The molecule has 0 bridgehead atoms. The summed E-state index contributed by atoms with van der Waals surface area (Å²) in [7, 11) is 0. The van der Waals surface area contributed by atoms with Crippen LogP contribution in [-0.2, 0) is 19.6 Å². The fourth-order valence-electron chi connectivity index (χ4n) is 3.64. The van der Waals surface area contributed by atoms with Gasteiger partial charge in [-0.25, -0.2) is 4.98 Å². The smallest absolute Gasteiger partial charge is 0.161 e. The molecular weight excluding hydrogens is 413 g/mol. The summed E-state index contributed by atoms with van der Waals surface area (Å²) < 4.78 is 15.8. The zero-order chi connectivity index (χ0) is 18.1. The van der Waals surface area contributed by atoms with E-state index in [-0.39, 0.29) is 24.8 Å². The van der Waals surface area contributed by atoms with Crippen LogP contribution in [0.25, 0.3) is 11.5 Å². The maximum atomic E-state index is 5.82. The van der Waals surface area contributed by atoms with Crippen molar-refractivity contribution in [3.05, 3.63) is 47.9 Å². The van der Waals surface area contributed by atoms with Crippen molar-refractivity contribution in [3.8, 4) is 23.0 Å². The number of fused-ring (bicyclic) bond motifs is 2. The molecule has 9 heteroatoms. The zero-order valence-corrected chi connectivity index (χ0v) is 17.7. The minimum Gasteiger partial charge on any atom is -0.490 e. The molecule has 1 N–H and O–H groups in total. The Kier molecular flexibility index (Phi) is 7.05. The van der Waals surface area contributed by atoms with Crippen molar-refractivity contribution in [1.82, 2.24) is 24.6 Å². The predicted molar refractivity (Wildman–Crippen MR) is 115 cm³/mol. The molecule has 0 unspecified atom stereocenters. The topological polar surface area (TPSA) is 66.1 Å². The first-order chi connectivity index (χ1) is 13.4. The van der Waals surface area contributed by atoms with Crippen LogP contribution in [0.5, 0.6) is 11.5 Å². The first-order valence-electron chi connectivity index (χ1n) is 9.54. The number of aryl methyl sites for hydroxylation is 1. The number of aromatic nitrogens is 4. The van der Waals surface area contributed by atoms with Gasteiger partial charge in [-0.3, -0.25) is 4.68 Å². The molecule has 0 spiro atoms. The number of nitrogens with zero attached hydrogens (tertiary/aromatic N) is 4. The summed E-state index contributed by atoms with van der Waals surface area (Å²) in [4.78, 5) is 4.56. The van der Waals surface area contributed by atoms with Gasteiger partial charge >= 0.3 is 0 Å². The third-order valence-corrected chi connectivity index (χ3v) is 5.00. The number of hydrogen-bond donors (Lipinski definition) is 1. The molecule has 5 rings (SSSR count). The molecule has 0 radical (unpaired) electrons. The van der Waals surface area contributed by atoms with Crippen LogP contribution in [0.1, 0.15) is 24.1 Å². The van der Waals surface area contributed by atoms with Crippen molar-refractivity contribution in [3.63, 3.8) is 0 Å². The largest absolute Gasteiger partial charge is 0.490 e. The van der Waals surface area contributed by atoms with E-state index in [1.54, 1.807) is 0 Å². The van der Waals surface area contributed by atoms with Crippen LogP contribution >= 0.6 is 24.8 Å². The molecule has 2 aromatic heterocycles. The Morgan fingerprint density at radius 1 is 1.03 bits per heavy atom. The Hall–Kier alpha value is -2.22. The zero-order valence-electron chi connectivity index (χ0n) is 16.0. The Balaban J connectivity index is 0.00000120. The van der Waals surface area contributed by atoms with Gasteiger partial charge in [0.1, 0.15) is 5.69 Å². The molecule has 29 heavy (non-hydrogen) atoms. The molecule has 0 saturated heterocycles. The maximum Gasteiger partial charge on any atom is 0.161 e. The number of imidazole rings is 1. The lowest BCUT2D eigenvalue weighted by molar-refractivity contribution is 0.297. The minimum absolute atomic E-state index is 0. The average molecular weight is 438 g/mol. The summed E-state index contributed by atoms with van der Waals surface area (Å²) in [6.07, 6.45) is 5.84. The Labute approximate surface area is 182 Å².